The van der Waals surface area contributed by atoms with Crippen molar-refractivity contribution in [1.82, 2.24) is 14.9 Å². The lowest BCUT2D eigenvalue weighted by Gasteiger charge is -2.34. The molecule has 1 aliphatic heterocycles. The summed E-state index contributed by atoms with van der Waals surface area (Å²) in [5, 5.41) is 0. The molecule has 0 aliphatic carbocycles. The van der Waals surface area contributed by atoms with Crippen LogP contribution in [-0.4, -0.2) is 52.8 Å². The number of rotatable bonds is 3. The average molecular weight is 367 g/mol. The fraction of sp³-hybridized carbons (Fsp3) is 0.500. The Balaban J connectivity index is 1.94. The second-order valence-electron chi connectivity index (χ2n) is 6.52. The maximum absolute atomic E-state index is 13.0. The van der Waals surface area contributed by atoms with E-state index in [0.29, 0.717) is 30.5 Å². The van der Waals surface area contributed by atoms with Crippen LogP contribution in [0.25, 0.3) is 11.0 Å². The quantitative estimate of drug-likeness (QED) is 0.834. The van der Waals surface area contributed by atoms with E-state index >= 15 is 0 Å². The third kappa shape index (κ3) is 4.12. The summed E-state index contributed by atoms with van der Waals surface area (Å²) < 4.78 is 44.4. The molecule has 0 bridgehead atoms. The minimum atomic E-state index is -4.47. The maximum Gasteiger partial charge on any atom is 0.406 e. The fourth-order valence-corrected chi connectivity index (χ4v) is 3.06. The zero-order valence-corrected chi connectivity index (χ0v) is 14.6. The smallest absolute Gasteiger partial charge is 0.379 e. The first kappa shape index (κ1) is 18.6. The van der Waals surface area contributed by atoms with Crippen molar-refractivity contribution in [3.05, 3.63) is 35.2 Å². The Morgan fingerprint density at radius 2 is 1.92 bits per heavy atom. The molecule has 140 valence electrons. The lowest BCUT2D eigenvalue weighted by atomic mass is 10.1. The minimum absolute atomic E-state index is 0.119. The van der Waals surface area contributed by atoms with Gasteiger partial charge >= 0.3 is 6.18 Å². The summed E-state index contributed by atoms with van der Waals surface area (Å²) in [4.78, 5) is 22.5. The number of carbonyl (C=O) groups excluding carboxylic acids is 1. The van der Waals surface area contributed by atoms with Gasteiger partial charge in [-0.2, -0.15) is 13.2 Å². The lowest BCUT2D eigenvalue weighted by Crippen LogP contribution is -2.49. The Labute approximate surface area is 149 Å². The lowest BCUT2D eigenvalue weighted by molar-refractivity contribution is -0.148. The number of alkyl halides is 3. The van der Waals surface area contributed by atoms with E-state index in [1.807, 2.05) is 6.92 Å². The number of aromatic nitrogens is 2. The molecule has 2 heterocycles. The van der Waals surface area contributed by atoms with Gasteiger partial charge in [-0.3, -0.25) is 4.79 Å². The van der Waals surface area contributed by atoms with Crippen LogP contribution in [0.2, 0.25) is 0 Å². The molecule has 26 heavy (non-hydrogen) atoms. The molecule has 0 N–H and O–H groups in total. The van der Waals surface area contributed by atoms with Crippen molar-refractivity contribution < 1.29 is 22.7 Å². The van der Waals surface area contributed by atoms with Crippen LogP contribution in [-0.2, 0) is 4.74 Å². The second-order valence-corrected chi connectivity index (χ2v) is 6.52. The topological polar surface area (TPSA) is 55.3 Å². The van der Waals surface area contributed by atoms with E-state index in [-0.39, 0.29) is 12.2 Å². The number of ether oxygens (including phenoxy) is 1. The molecule has 0 saturated carbocycles. The summed E-state index contributed by atoms with van der Waals surface area (Å²) in [5.41, 5.74) is 2.76. The molecule has 3 rings (SSSR count). The molecular weight excluding hydrogens is 347 g/mol. The van der Waals surface area contributed by atoms with E-state index in [1.165, 1.54) is 12.1 Å². The van der Waals surface area contributed by atoms with Crippen LogP contribution in [0.15, 0.2) is 18.2 Å². The molecule has 0 spiro atoms. The summed E-state index contributed by atoms with van der Waals surface area (Å²) in [6, 6.07) is 4.04. The predicted octanol–water partition coefficient (Wildman–Crippen LogP) is 3.43. The minimum Gasteiger partial charge on any atom is -0.379 e. The molecule has 1 aromatic carbocycles. The first-order chi connectivity index (χ1) is 12.2. The highest BCUT2D eigenvalue weighted by Crippen LogP contribution is 2.24. The van der Waals surface area contributed by atoms with Crippen molar-refractivity contribution in [2.75, 3.05) is 19.8 Å². The fourth-order valence-electron chi connectivity index (χ4n) is 3.06. The number of hydrogen-bond acceptors (Lipinski definition) is 4. The third-order valence-electron chi connectivity index (χ3n) is 4.51. The van der Waals surface area contributed by atoms with Gasteiger partial charge < -0.3 is 9.64 Å². The number of aryl methyl sites for hydroxylation is 2. The van der Waals surface area contributed by atoms with E-state index in [4.69, 9.17) is 4.74 Å². The number of carbonyl (C=O) groups is 1. The van der Waals surface area contributed by atoms with Gasteiger partial charge in [0.05, 0.1) is 35.1 Å². The van der Waals surface area contributed by atoms with Gasteiger partial charge in [-0.15, -0.1) is 0 Å². The highest BCUT2D eigenvalue weighted by Gasteiger charge is 2.37. The first-order valence-electron chi connectivity index (χ1n) is 8.45. The van der Waals surface area contributed by atoms with Crippen LogP contribution in [0.5, 0.6) is 0 Å². The monoisotopic (exact) mass is 367 g/mol. The summed E-state index contributed by atoms with van der Waals surface area (Å²) in [5.74, 6) is -0.667. The summed E-state index contributed by atoms with van der Waals surface area (Å²) >= 11 is 0. The normalized spacial score (nSPS) is 18.1. The van der Waals surface area contributed by atoms with E-state index in [9.17, 15) is 18.0 Å². The number of benzene rings is 1. The van der Waals surface area contributed by atoms with Gasteiger partial charge in [0.15, 0.2) is 0 Å². The van der Waals surface area contributed by atoms with Crippen molar-refractivity contribution in [2.45, 2.75) is 38.9 Å². The summed E-state index contributed by atoms with van der Waals surface area (Å²) in [6.45, 7) is 2.96. The van der Waals surface area contributed by atoms with Crippen LogP contribution in [0.1, 0.15) is 34.6 Å². The molecule has 0 radical (unpaired) electrons. The molecule has 1 unspecified atom stereocenters. The third-order valence-corrected chi connectivity index (χ3v) is 4.51. The van der Waals surface area contributed by atoms with Gasteiger partial charge in [0, 0.05) is 12.2 Å². The van der Waals surface area contributed by atoms with Gasteiger partial charge in [0.1, 0.15) is 6.54 Å². The van der Waals surface area contributed by atoms with Gasteiger partial charge in [0.25, 0.3) is 5.91 Å². The molecule has 1 aliphatic rings. The van der Waals surface area contributed by atoms with Crippen LogP contribution >= 0.6 is 0 Å². The standard InChI is InChI=1S/C18H20F3N3O2/c1-11-12(2)23-16-8-13(5-6-15(16)22-11)17(25)24(10-18(19,20)21)14-4-3-7-26-9-14/h5-6,8,14H,3-4,7,9-10H2,1-2H3. The van der Waals surface area contributed by atoms with E-state index in [1.54, 1.807) is 13.0 Å². The molecule has 8 heteroatoms. The highest BCUT2D eigenvalue weighted by atomic mass is 19.4. The molecule has 2 aromatic rings. The van der Waals surface area contributed by atoms with E-state index in [2.05, 4.69) is 9.97 Å². The van der Waals surface area contributed by atoms with Crippen LogP contribution in [0.4, 0.5) is 13.2 Å². The second kappa shape index (κ2) is 7.19. The molecular formula is C18H20F3N3O2. The number of fused-ring (bicyclic) bond motifs is 1. The Kier molecular flexibility index (Phi) is 5.13. The van der Waals surface area contributed by atoms with Crippen molar-refractivity contribution >= 4 is 16.9 Å². The molecule has 5 nitrogen and oxygen atoms in total. The van der Waals surface area contributed by atoms with Gasteiger partial charge in [-0.05, 0) is 44.9 Å². The van der Waals surface area contributed by atoms with Gasteiger partial charge in [-0.1, -0.05) is 0 Å². The largest absolute Gasteiger partial charge is 0.406 e. The van der Waals surface area contributed by atoms with Crippen LogP contribution in [0, 0.1) is 13.8 Å². The van der Waals surface area contributed by atoms with Crippen molar-refractivity contribution in [2.24, 2.45) is 0 Å². The number of hydrogen-bond donors (Lipinski definition) is 0. The Morgan fingerprint density at radius 1 is 1.23 bits per heavy atom. The van der Waals surface area contributed by atoms with Gasteiger partial charge in [0.2, 0.25) is 0 Å². The number of amides is 1. The van der Waals surface area contributed by atoms with Crippen molar-refractivity contribution in [3.8, 4) is 0 Å². The number of halogens is 3. The average Bonchev–Trinajstić information content (AvgIpc) is 2.60. The molecule has 1 saturated heterocycles. The maximum atomic E-state index is 13.0. The van der Waals surface area contributed by atoms with Crippen LogP contribution < -0.4 is 0 Å². The summed E-state index contributed by atoms with van der Waals surface area (Å²) in [7, 11) is 0. The Morgan fingerprint density at radius 3 is 2.54 bits per heavy atom. The van der Waals surface area contributed by atoms with Crippen molar-refractivity contribution in [3.63, 3.8) is 0 Å². The van der Waals surface area contributed by atoms with Crippen LogP contribution in [0.3, 0.4) is 0 Å². The highest BCUT2D eigenvalue weighted by molar-refractivity contribution is 5.97. The Bertz CT molecular complexity index is 817. The molecule has 1 amide bonds. The SMILES string of the molecule is Cc1nc2ccc(C(=O)N(CC(F)(F)F)C3CCCOC3)cc2nc1C. The Hall–Kier alpha value is -2.22. The first-order valence-corrected chi connectivity index (χ1v) is 8.45. The zero-order valence-electron chi connectivity index (χ0n) is 14.6. The van der Waals surface area contributed by atoms with E-state index < -0.39 is 24.7 Å². The molecule has 1 aromatic heterocycles. The summed E-state index contributed by atoms with van der Waals surface area (Å²) in [6.07, 6.45) is -3.35. The predicted molar refractivity (Wildman–Crippen MR) is 89.9 cm³/mol. The van der Waals surface area contributed by atoms with Crippen molar-refractivity contribution in [1.29, 1.82) is 0 Å². The number of nitrogens with zero attached hydrogens (tertiary/aromatic N) is 3. The molecule has 1 fully saturated rings. The van der Waals surface area contributed by atoms with Gasteiger partial charge in [-0.25, -0.2) is 9.97 Å². The molecule has 1 atom stereocenters. The zero-order chi connectivity index (χ0) is 18.9. The van der Waals surface area contributed by atoms with E-state index in [0.717, 1.165) is 16.3 Å².